The van der Waals surface area contributed by atoms with Crippen molar-refractivity contribution >= 4 is 33.8 Å². The Kier molecular flexibility index (Phi) is 3.90. The molecule has 4 amide bonds. The molecule has 4 saturated carbocycles. The number of nitrogens with one attached hydrogen (secondary N) is 2. The smallest absolute Gasteiger partial charge is 0.324 e. The summed E-state index contributed by atoms with van der Waals surface area (Å²) in [6, 6.07) is -0.364. The predicted octanol–water partition coefficient (Wildman–Crippen LogP) is 1.78. The maximum absolute atomic E-state index is 12.4. The fraction of sp³-hybridized carbons (Fsp3) is 0.824. The number of urea groups is 1. The molecule has 5 aliphatic rings. The monoisotopic (exact) mass is 397 g/mol. The molecule has 2 N–H and O–H groups in total. The van der Waals surface area contributed by atoms with E-state index in [0.29, 0.717) is 13.0 Å². The highest BCUT2D eigenvalue weighted by molar-refractivity contribution is 9.10. The number of carbonyl (C=O) groups excluding carboxylic acids is 3. The summed E-state index contributed by atoms with van der Waals surface area (Å²) in [5.41, 5.74) is 0.151. The van der Waals surface area contributed by atoms with Gasteiger partial charge in [0.1, 0.15) is 0 Å². The van der Waals surface area contributed by atoms with Crippen LogP contribution in [0.2, 0.25) is 0 Å². The molecule has 5 rings (SSSR count). The topological polar surface area (TPSA) is 78.5 Å². The van der Waals surface area contributed by atoms with Crippen molar-refractivity contribution in [2.24, 2.45) is 17.3 Å². The van der Waals surface area contributed by atoms with Crippen LogP contribution in [0.1, 0.15) is 44.9 Å². The van der Waals surface area contributed by atoms with Crippen molar-refractivity contribution in [1.29, 1.82) is 0 Å². The van der Waals surface area contributed by atoms with Gasteiger partial charge in [-0.2, -0.15) is 0 Å². The lowest BCUT2D eigenvalue weighted by Gasteiger charge is -2.60. The number of rotatable bonds is 5. The first-order chi connectivity index (χ1) is 11.4. The van der Waals surface area contributed by atoms with Gasteiger partial charge in [0.25, 0.3) is 0 Å². The van der Waals surface area contributed by atoms with Gasteiger partial charge in [-0.05, 0) is 55.8 Å². The molecular weight excluding hydrogens is 374 g/mol. The third-order valence-electron chi connectivity index (χ3n) is 6.24. The average molecular weight is 398 g/mol. The number of halogens is 1. The Balaban J connectivity index is 1.30. The minimum Gasteiger partial charge on any atom is -0.354 e. The van der Waals surface area contributed by atoms with Gasteiger partial charge in [0.2, 0.25) is 11.8 Å². The van der Waals surface area contributed by atoms with Crippen LogP contribution in [-0.2, 0) is 9.59 Å². The molecule has 2 unspecified atom stereocenters. The SMILES string of the molecule is O=C(CC12CC3CC(CC(Br)(C3)C1)C2)NCCN1C(=O)CNC1=O. The van der Waals surface area contributed by atoms with Crippen molar-refractivity contribution < 1.29 is 14.4 Å². The van der Waals surface area contributed by atoms with Crippen molar-refractivity contribution in [3.63, 3.8) is 0 Å². The van der Waals surface area contributed by atoms with Crippen molar-refractivity contribution in [1.82, 2.24) is 15.5 Å². The van der Waals surface area contributed by atoms with Gasteiger partial charge >= 0.3 is 6.03 Å². The molecule has 0 aromatic carbocycles. The van der Waals surface area contributed by atoms with E-state index < -0.39 is 0 Å². The van der Waals surface area contributed by atoms with Crippen LogP contribution in [-0.4, -0.2) is 46.7 Å². The Labute approximate surface area is 150 Å². The van der Waals surface area contributed by atoms with Crippen LogP contribution < -0.4 is 10.6 Å². The molecule has 1 saturated heterocycles. The molecular formula is C17H24BrN3O3. The van der Waals surface area contributed by atoms with Crippen LogP contribution >= 0.6 is 15.9 Å². The molecule has 6 nitrogen and oxygen atoms in total. The number of amides is 4. The summed E-state index contributed by atoms with van der Waals surface area (Å²) < 4.78 is 0.261. The second-order valence-electron chi connectivity index (χ2n) is 8.34. The van der Waals surface area contributed by atoms with Crippen LogP contribution in [0.25, 0.3) is 0 Å². The van der Waals surface area contributed by atoms with E-state index in [0.717, 1.165) is 18.3 Å². The number of imide groups is 1. The highest BCUT2D eigenvalue weighted by Gasteiger charge is 2.57. The Morgan fingerprint density at radius 1 is 1.25 bits per heavy atom. The third-order valence-corrected chi connectivity index (χ3v) is 7.17. The molecule has 1 aliphatic heterocycles. The molecule has 2 atom stereocenters. The van der Waals surface area contributed by atoms with E-state index in [1.165, 1.54) is 37.0 Å². The summed E-state index contributed by atoms with van der Waals surface area (Å²) in [6.07, 6.45) is 7.90. The molecule has 5 fully saturated rings. The summed E-state index contributed by atoms with van der Waals surface area (Å²) in [5, 5.41) is 5.39. The fourth-order valence-corrected chi connectivity index (χ4v) is 7.45. The van der Waals surface area contributed by atoms with E-state index in [9.17, 15) is 14.4 Å². The van der Waals surface area contributed by atoms with Gasteiger partial charge in [-0.25, -0.2) is 4.79 Å². The average Bonchev–Trinajstić information content (AvgIpc) is 2.75. The van der Waals surface area contributed by atoms with E-state index in [1.54, 1.807) is 0 Å². The first-order valence-corrected chi connectivity index (χ1v) is 9.70. The van der Waals surface area contributed by atoms with E-state index in [-0.39, 0.29) is 40.7 Å². The number of hydrogen-bond acceptors (Lipinski definition) is 3. The number of nitrogens with zero attached hydrogens (tertiary/aromatic N) is 1. The molecule has 132 valence electrons. The van der Waals surface area contributed by atoms with Gasteiger partial charge in [-0.3, -0.25) is 14.5 Å². The van der Waals surface area contributed by atoms with Crippen LogP contribution in [0.4, 0.5) is 4.79 Å². The van der Waals surface area contributed by atoms with Crippen molar-refractivity contribution in [3.05, 3.63) is 0 Å². The van der Waals surface area contributed by atoms with E-state index in [2.05, 4.69) is 26.6 Å². The van der Waals surface area contributed by atoms with Crippen molar-refractivity contribution in [2.45, 2.75) is 49.3 Å². The Morgan fingerprint density at radius 2 is 1.96 bits per heavy atom. The number of carbonyl (C=O) groups is 3. The van der Waals surface area contributed by atoms with E-state index in [1.807, 2.05) is 0 Å². The van der Waals surface area contributed by atoms with Crippen LogP contribution in [0.3, 0.4) is 0 Å². The van der Waals surface area contributed by atoms with Gasteiger partial charge < -0.3 is 10.6 Å². The minimum absolute atomic E-state index is 0.0557. The Bertz CT molecular complexity index is 564. The maximum atomic E-state index is 12.4. The lowest BCUT2D eigenvalue weighted by Crippen LogP contribution is -2.54. The van der Waals surface area contributed by atoms with Crippen LogP contribution in [0.5, 0.6) is 0 Å². The first kappa shape index (κ1) is 16.4. The molecule has 7 heteroatoms. The quantitative estimate of drug-likeness (QED) is 0.548. The van der Waals surface area contributed by atoms with Crippen molar-refractivity contribution in [3.8, 4) is 0 Å². The van der Waals surface area contributed by atoms with Gasteiger partial charge in [0.05, 0.1) is 6.54 Å². The first-order valence-electron chi connectivity index (χ1n) is 8.90. The summed E-state index contributed by atoms with van der Waals surface area (Å²) in [6.45, 7) is 0.642. The Hall–Kier alpha value is -1.11. The summed E-state index contributed by atoms with van der Waals surface area (Å²) >= 11 is 3.97. The molecule has 0 radical (unpaired) electrons. The summed E-state index contributed by atoms with van der Waals surface area (Å²) in [7, 11) is 0. The van der Waals surface area contributed by atoms with Gasteiger partial charge in [-0.15, -0.1) is 0 Å². The van der Waals surface area contributed by atoms with Gasteiger partial charge in [0.15, 0.2) is 0 Å². The summed E-state index contributed by atoms with van der Waals surface area (Å²) in [5.74, 6) is 1.37. The second kappa shape index (κ2) is 5.71. The van der Waals surface area contributed by atoms with Gasteiger partial charge in [-0.1, -0.05) is 15.9 Å². The zero-order valence-corrected chi connectivity index (χ0v) is 15.4. The number of alkyl halides is 1. The zero-order valence-electron chi connectivity index (χ0n) is 13.8. The van der Waals surface area contributed by atoms with Crippen molar-refractivity contribution in [2.75, 3.05) is 19.6 Å². The molecule has 24 heavy (non-hydrogen) atoms. The van der Waals surface area contributed by atoms with E-state index >= 15 is 0 Å². The standard InChI is InChI=1S/C17H24BrN3O3/c18-17-6-11-3-12(7-17)5-16(4-11,10-17)8-13(22)19-1-2-21-14(23)9-20-15(21)24/h11-12H,1-10H2,(H,19,22)(H,20,24). The summed E-state index contributed by atoms with van der Waals surface area (Å²) in [4.78, 5) is 36.6. The predicted molar refractivity (Wildman–Crippen MR) is 91.5 cm³/mol. The van der Waals surface area contributed by atoms with Gasteiger partial charge in [0, 0.05) is 23.8 Å². The molecule has 4 bridgehead atoms. The third kappa shape index (κ3) is 2.95. The lowest BCUT2D eigenvalue weighted by molar-refractivity contribution is -0.129. The Morgan fingerprint density at radius 3 is 2.54 bits per heavy atom. The van der Waals surface area contributed by atoms with Crippen LogP contribution in [0, 0.1) is 17.3 Å². The normalized spacial score (nSPS) is 40.1. The highest BCUT2D eigenvalue weighted by atomic mass is 79.9. The lowest BCUT2D eigenvalue weighted by atomic mass is 9.48. The molecule has 0 aromatic heterocycles. The largest absolute Gasteiger partial charge is 0.354 e. The second-order valence-corrected chi connectivity index (χ2v) is 10.0. The fourth-order valence-electron chi connectivity index (χ4n) is 5.93. The van der Waals surface area contributed by atoms with E-state index in [4.69, 9.17) is 0 Å². The minimum atomic E-state index is -0.364. The molecule has 4 aliphatic carbocycles. The molecule has 0 spiro atoms. The van der Waals surface area contributed by atoms with Crippen LogP contribution in [0.15, 0.2) is 0 Å². The molecule has 0 aromatic rings. The highest BCUT2D eigenvalue weighted by Crippen LogP contribution is 2.65. The zero-order chi connectivity index (χ0) is 16.9. The maximum Gasteiger partial charge on any atom is 0.324 e. The number of hydrogen-bond donors (Lipinski definition) is 2. The molecule has 1 heterocycles.